The number of ether oxygens (including phenoxy) is 1. The Bertz CT molecular complexity index is 926. The lowest BCUT2D eigenvalue weighted by Crippen LogP contribution is -2.47. The van der Waals surface area contributed by atoms with Crippen LogP contribution < -0.4 is 5.14 Å². The Kier molecular flexibility index (Phi) is 4.38. The van der Waals surface area contributed by atoms with E-state index in [1.165, 1.54) is 34.7 Å². The molecule has 6 nitrogen and oxygen atoms in total. The van der Waals surface area contributed by atoms with Gasteiger partial charge in [-0.1, -0.05) is 0 Å². The summed E-state index contributed by atoms with van der Waals surface area (Å²) in [5, 5.41) is 7.22. The Morgan fingerprint density at radius 2 is 1.85 bits per heavy atom. The molecule has 0 aliphatic carbocycles. The number of piperidine rings is 1. The third-order valence-electron chi connectivity index (χ3n) is 5.20. The van der Waals surface area contributed by atoms with Crippen molar-refractivity contribution in [2.24, 2.45) is 5.14 Å². The second-order valence-electron chi connectivity index (χ2n) is 6.73. The number of benzene rings is 1. The predicted molar refractivity (Wildman–Crippen MR) is 98.6 cm³/mol. The second-order valence-corrected chi connectivity index (χ2v) is 9.21. The summed E-state index contributed by atoms with van der Waals surface area (Å²) in [7, 11) is -3.75. The molecular weight excluding hydrogens is 372 g/mol. The lowest BCUT2D eigenvalue weighted by Gasteiger charge is -2.43. The van der Waals surface area contributed by atoms with Gasteiger partial charge in [-0.3, -0.25) is 4.79 Å². The lowest BCUT2D eigenvalue weighted by molar-refractivity contribution is -0.0906. The van der Waals surface area contributed by atoms with Crippen LogP contribution in [0.15, 0.2) is 40.6 Å². The van der Waals surface area contributed by atoms with Gasteiger partial charge in [-0.15, -0.1) is 11.3 Å². The van der Waals surface area contributed by atoms with E-state index < -0.39 is 10.0 Å². The van der Waals surface area contributed by atoms with Gasteiger partial charge in [-0.2, -0.15) is 0 Å². The molecule has 3 heterocycles. The van der Waals surface area contributed by atoms with Gasteiger partial charge < -0.3 is 9.64 Å². The Balaban J connectivity index is 1.48. The zero-order chi connectivity index (χ0) is 18.4. The summed E-state index contributed by atoms with van der Waals surface area (Å²) < 4.78 is 28.8. The number of nitrogens with two attached hydrogens (primary N) is 1. The molecule has 0 bridgehead atoms. The SMILES string of the molecule is NS(=O)(=O)c1ccc(C(=O)N2CCC3(CC2)OCCc2ccsc23)cc1. The van der Waals surface area contributed by atoms with Crippen LogP contribution in [0.3, 0.4) is 0 Å². The van der Waals surface area contributed by atoms with Crippen LogP contribution in [0.2, 0.25) is 0 Å². The van der Waals surface area contributed by atoms with Crippen LogP contribution in [0, 0.1) is 0 Å². The van der Waals surface area contributed by atoms with Gasteiger partial charge in [0.05, 0.1) is 11.5 Å². The summed E-state index contributed by atoms with van der Waals surface area (Å²) in [5.74, 6) is -0.0944. The minimum Gasteiger partial charge on any atom is -0.369 e. The Morgan fingerprint density at radius 3 is 2.50 bits per heavy atom. The Morgan fingerprint density at radius 1 is 1.15 bits per heavy atom. The summed E-state index contributed by atoms with van der Waals surface area (Å²) in [6, 6.07) is 7.95. The van der Waals surface area contributed by atoms with E-state index in [4.69, 9.17) is 9.88 Å². The minimum absolute atomic E-state index is 0.00692. The normalized spacial score (nSPS) is 19.3. The molecule has 26 heavy (non-hydrogen) atoms. The van der Waals surface area contributed by atoms with Crippen LogP contribution in [-0.4, -0.2) is 38.9 Å². The molecule has 1 saturated heterocycles. The largest absolute Gasteiger partial charge is 0.369 e. The van der Waals surface area contributed by atoms with Gasteiger partial charge >= 0.3 is 0 Å². The number of carbonyl (C=O) groups is 1. The molecule has 1 fully saturated rings. The average Bonchev–Trinajstić information content (AvgIpc) is 3.12. The summed E-state index contributed by atoms with van der Waals surface area (Å²) in [6.45, 7) is 1.97. The van der Waals surface area contributed by atoms with Crippen molar-refractivity contribution in [2.45, 2.75) is 29.8 Å². The quantitative estimate of drug-likeness (QED) is 0.847. The van der Waals surface area contributed by atoms with Crippen LogP contribution >= 0.6 is 11.3 Å². The molecule has 0 atom stereocenters. The molecule has 1 aromatic carbocycles. The molecule has 0 unspecified atom stereocenters. The standard InChI is InChI=1S/C18H20N2O4S2/c19-26(22,23)15-3-1-14(2-4-15)17(21)20-9-7-18(8-10-20)16-13(5-11-24-18)6-12-25-16/h1-4,6,12H,5,7-11H2,(H2,19,22,23). The van der Waals surface area contributed by atoms with E-state index in [-0.39, 0.29) is 16.4 Å². The Hall–Kier alpha value is -1.74. The van der Waals surface area contributed by atoms with Crippen molar-refractivity contribution >= 4 is 27.3 Å². The summed E-state index contributed by atoms with van der Waals surface area (Å²) in [6.07, 6.45) is 2.52. The van der Waals surface area contributed by atoms with Crippen LogP contribution in [-0.2, 0) is 26.8 Å². The maximum absolute atomic E-state index is 12.7. The average molecular weight is 393 g/mol. The first-order valence-electron chi connectivity index (χ1n) is 8.52. The molecule has 4 rings (SSSR count). The molecule has 1 amide bonds. The van der Waals surface area contributed by atoms with Gasteiger partial charge in [0.25, 0.3) is 5.91 Å². The summed E-state index contributed by atoms with van der Waals surface area (Å²) in [4.78, 5) is 15.9. The highest BCUT2D eigenvalue weighted by Gasteiger charge is 2.42. The van der Waals surface area contributed by atoms with Gasteiger partial charge in [-0.05, 0) is 60.5 Å². The van der Waals surface area contributed by atoms with Gasteiger partial charge in [0.2, 0.25) is 10.0 Å². The maximum atomic E-state index is 12.7. The van der Waals surface area contributed by atoms with Crippen molar-refractivity contribution in [3.63, 3.8) is 0 Å². The molecule has 8 heteroatoms. The highest BCUT2D eigenvalue weighted by molar-refractivity contribution is 7.89. The number of rotatable bonds is 2. The van der Waals surface area contributed by atoms with Crippen LogP contribution in [0.1, 0.15) is 33.6 Å². The van der Waals surface area contributed by atoms with Crippen molar-refractivity contribution in [3.05, 3.63) is 51.7 Å². The first-order valence-corrected chi connectivity index (χ1v) is 10.9. The van der Waals surface area contributed by atoms with E-state index in [0.717, 1.165) is 25.9 Å². The summed E-state index contributed by atoms with van der Waals surface area (Å²) in [5.41, 5.74) is 1.59. The molecule has 2 aliphatic heterocycles. The van der Waals surface area contributed by atoms with E-state index >= 15 is 0 Å². The van der Waals surface area contributed by atoms with E-state index in [0.29, 0.717) is 18.7 Å². The molecule has 0 radical (unpaired) electrons. The lowest BCUT2D eigenvalue weighted by atomic mass is 9.85. The topological polar surface area (TPSA) is 89.7 Å². The zero-order valence-corrected chi connectivity index (χ0v) is 15.8. The first kappa shape index (κ1) is 17.7. The number of sulfonamides is 1. The van der Waals surface area contributed by atoms with E-state index in [9.17, 15) is 13.2 Å². The summed E-state index contributed by atoms with van der Waals surface area (Å²) >= 11 is 1.74. The van der Waals surface area contributed by atoms with E-state index in [2.05, 4.69) is 11.4 Å². The molecule has 1 spiro atoms. The number of hydrogen-bond acceptors (Lipinski definition) is 5. The zero-order valence-electron chi connectivity index (χ0n) is 14.2. The van der Waals surface area contributed by atoms with Crippen molar-refractivity contribution in [3.8, 4) is 0 Å². The molecule has 2 aromatic rings. The first-order chi connectivity index (χ1) is 12.4. The van der Waals surface area contributed by atoms with Gasteiger partial charge in [-0.25, -0.2) is 13.6 Å². The van der Waals surface area contributed by atoms with E-state index in [1.807, 2.05) is 4.90 Å². The Labute approximate surface area is 156 Å². The number of fused-ring (bicyclic) bond motifs is 2. The third kappa shape index (κ3) is 3.07. The number of primary sulfonamides is 1. The van der Waals surface area contributed by atoms with Crippen LogP contribution in [0.4, 0.5) is 0 Å². The number of thiophene rings is 1. The number of carbonyl (C=O) groups excluding carboxylic acids is 1. The molecule has 0 saturated carbocycles. The van der Waals surface area contributed by atoms with Crippen molar-refractivity contribution in [1.29, 1.82) is 0 Å². The third-order valence-corrected chi connectivity index (χ3v) is 7.27. The molecule has 2 aliphatic rings. The van der Waals surface area contributed by atoms with Gasteiger partial charge in [0.15, 0.2) is 0 Å². The fourth-order valence-electron chi connectivity index (χ4n) is 3.77. The molecule has 1 aromatic heterocycles. The van der Waals surface area contributed by atoms with Crippen molar-refractivity contribution in [2.75, 3.05) is 19.7 Å². The van der Waals surface area contributed by atoms with E-state index in [1.54, 1.807) is 11.3 Å². The maximum Gasteiger partial charge on any atom is 0.253 e. The number of nitrogens with zero attached hydrogens (tertiary/aromatic N) is 1. The van der Waals surface area contributed by atoms with Gasteiger partial charge in [0, 0.05) is 23.5 Å². The number of likely N-dealkylation sites (tertiary alicyclic amines) is 1. The van der Waals surface area contributed by atoms with Crippen LogP contribution in [0.25, 0.3) is 0 Å². The minimum atomic E-state index is -3.75. The monoisotopic (exact) mass is 392 g/mol. The molecule has 2 N–H and O–H groups in total. The van der Waals surface area contributed by atoms with Gasteiger partial charge in [0.1, 0.15) is 5.60 Å². The highest BCUT2D eigenvalue weighted by Crippen LogP contribution is 2.44. The second kappa shape index (κ2) is 6.45. The number of hydrogen-bond donors (Lipinski definition) is 1. The fourth-order valence-corrected chi connectivity index (χ4v) is 5.45. The smallest absolute Gasteiger partial charge is 0.253 e. The fraction of sp³-hybridized carbons (Fsp3) is 0.389. The molecular formula is C18H20N2O4S2. The van der Waals surface area contributed by atoms with Crippen molar-refractivity contribution in [1.82, 2.24) is 4.90 Å². The molecule has 138 valence electrons. The predicted octanol–water partition coefficient (Wildman–Crippen LogP) is 2.10. The number of amides is 1. The van der Waals surface area contributed by atoms with Crippen molar-refractivity contribution < 1.29 is 17.9 Å². The highest BCUT2D eigenvalue weighted by atomic mass is 32.2. The van der Waals surface area contributed by atoms with Crippen LogP contribution in [0.5, 0.6) is 0 Å².